The summed E-state index contributed by atoms with van der Waals surface area (Å²) in [6.45, 7) is 1.90. The van der Waals surface area contributed by atoms with Crippen LogP contribution in [0.25, 0.3) is 0 Å². The fourth-order valence-electron chi connectivity index (χ4n) is 2.48. The molecular formula is C13H17NO2. The minimum atomic E-state index is -0.928. The molecule has 0 amide bonds. The predicted molar refractivity (Wildman–Crippen MR) is 62.5 cm³/mol. The van der Waals surface area contributed by atoms with E-state index in [9.17, 15) is 4.79 Å². The minimum absolute atomic E-state index is 0.120. The first-order valence-corrected chi connectivity index (χ1v) is 5.70. The summed E-state index contributed by atoms with van der Waals surface area (Å²) in [5.41, 5.74) is 9.49. The second-order valence-electron chi connectivity index (χ2n) is 4.49. The molecule has 0 bridgehead atoms. The van der Waals surface area contributed by atoms with Crippen molar-refractivity contribution in [3.63, 3.8) is 0 Å². The molecule has 0 saturated heterocycles. The van der Waals surface area contributed by atoms with Gasteiger partial charge in [0.25, 0.3) is 0 Å². The fraction of sp³-hybridized carbons (Fsp3) is 0.462. The molecule has 3 nitrogen and oxygen atoms in total. The van der Waals surface area contributed by atoms with Crippen LogP contribution in [0.3, 0.4) is 0 Å². The molecule has 0 aromatic heterocycles. The summed E-state index contributed by atoms with van der Waals surface area (Å²) in [6.07, 6.45) is 3.34. The van der Waals surface area contributed by atoms with Crippen LogP contribution >= 0.6 is 0 Å². The molecule has 1 aliphatic carbocycles. The van der Waals surface area contributed by atoms with E-state index in [1.54, 1.807) is 0 Å². The maximum Gasteiger partial charge on any atom is 0.321 e. The molecule has 3 N–H and O–H groups in total. The zero-order valence-electron chi connectivity index (χ0n) is 9.44. The maximum absolute atomic E-state index is 10.9. The highest BCUT2D eigenvalue weighted by Crippen LogP contribution is 2.31. The van der Waals surface area contributed by atoms with Crippen molar-refractivity contribution in [2.45, 2.75) is 38.1 Å². The van der Waals surface area contributed by atoms with E-state index in [0.29, 0.717) is 0 Å². The number of carboxylic acid groups (broad SMARTS) is 1. The second-order valence-corrected chi connectivity index (χ2v) is 4.49. The predicted octanol–water partition coefficient (Wildman–Crippen LogP) is 1.69. The summed E-state index contributed by atoms with van der Waals surface area (Å²) >= 11 is 0. The molecule has 0 heterocycles. The quantitative estimate of drug-likeness (QED) is 0.813. The van der Waals surface area contributed by atoms with Crippen molar-refractivity contribution in [3.8, 4) is 0 Å². The summed E-state index contributed by atoms with van der Waals surface area (Å²) in [5.74, 6) is -1.05. The summed E-state index contributed by atoms with van der Waals surface area (Å²) in [4.78, 5) is 10.9. The van der Waals surface area contributed by atoms with Crippen LogP contribution in [-0.4, -0.2) is 17.1 Å². The SMILES string of the molecule is CC(c1cccc2c1CCC2)C(N)C(=O)O. The topological polar surface area (TPSA) is 63.3 Å². The van der Waals surface area contributed by atoms with Gasteiger partial charge < -0.3 is 10.8 Å². The Kier molecular flexibility index (Phi) is 2.97. The van der Waals surface area contributed by atoms with Gasteiger partial charge in [-0.25, -0.2) is 0 Å². The Morgan fingerprint density at radius 3 is 2.88 bits per heavy atom. The van der Waals surface area contributed by atoms with Crippen molar-refractivity contribution in [3.05, 3.63) is 34.9 Å². The van der Waals surface area contributed by atoms with Crippen LogP contribution in [0.15, 0.2) is 18.2 Å². The van der Waals surface area contributed by atoms with Gasteiger partial charge in [-0.15, -0.1) is 0 Å². The van der Waals surface area contributed by atoms with Gasteiger partial charge in [0.05, 0.1) is 0 Å². The Bertz CT molecular complexity index is 414. The van der Waals surface area contributed by atoms with Gasteiger partial charge in [-0.1, -0.05) is 25.1 Å². The van der Waals surface area contributed by atoms with Gasteiger partial charge in [-0.3, -0.25) is 4.79 Å². The van der Waals surface area contributed by atoms with Crippen LogP contribution in [-0.2, 0) is 17.6 Å². The number of nitrogens with two attached hydrogens (primary N) is 1. The molecule has 2 rings (SSSR count). The minimum Gasteiger partial charge on any atom is -0.480 e. The summed E-state index contributed by atoms with van der Waals surface area (Å²) in [6, 6.07) is 5.33. The van der Waals surface area contributed by atoms with E-state index in [0.717, 1.165) is 18.4 Å². The Morgan fingerprint density at radius 1 is 1.44 bits per heavy atom. The van der Waals surface area contributed by atoms with E-state index in [-0.39, 0.29) is 5.92 Å². The van der Waals surface area contributed by atoms with Gasteiger partial charge in [0.1, 0.15) is 6.04 Å². The maximum atomic E-state index is 10.9. The highest BCUT2D eigenvalue weighted by molar-refractivity contribution is 5.74. The fourth-order valence-corrected chi connectivity index (χ4v) is 2.48. The van der Waals surface area contributed by atoms with E-state index in [2.05, 4.69) is 6.07 Å². The number of carboxylic acids is 1. The summed E-state index contributed by atoms with van der Waals surface area (Å²) in [7, 11) is 0. The molecule has 0 fully saturated rings. The Hall–Kier alpha value is -1.35. The molecule has 16 heavy (non-hydrogen) atoms. The van der Waals surface area contributed by atoms with Crippen LogP contribution in [0.2, 0.25) is 0 Å². The van der Waals surface area contributed by atoms with Gasteiger partial charge >= 0.3 is 5.97 Å². The lowest BCUT2D eigenvalue weighted by Gasteiger charge is -2.19. The van der Waals surface area contributed by atoms with Crippen molar-refractivity contribution in [1.82, 2.24) is 0 Å². The van der Waals surface area contributed by atoms with E-state index >= 15 is 0 Å². The largest absolute Gasteiger partial charge is 0.480 e. The standard InChI is InChI=1S/C13H17NO2/c1-8(12(14)13(15)16)10-6-2-4-9-5-3-7-11(9)10/h2,4,6,8,12H,3,5,7,14H2,1H3,(H,15,16). The van der Waals surface area contributed by atoms with Gasteiger partial charge in [0.2, 0.25) is 0 Å². The molecule has 1 aliphatic rings. The number of aliphatic carboxylic acids is 1. The number of aryl methyl sites for hydroxylation is 1. The van der Waals surface area contributed by atoms with Gasteiger partial charge in [0, 0.05) is 5.92 Å². The monoisotopic (exact) mass is 219 g/mol. The summed E-state index contributed by atoms with van der Waals surface area (Å²) in [5, 5.41) is 8.94. The molecule has 1 aromatic rings. The van der Waals surface area contributed by atoms with Crippen LogP contribution in [0.1, 0.15) is 36.0 Å². The second kappa shape index (κ2) is 4.26. The molecule has 0 radical (unpaired) electrons. The first kappa shape index (κ1) is 11.1. The smallest absolute Gasteiger partial charge is 0.321 e. The zero-order chi connectivity index (χ0) is 11.7. The highest BCUT2D eigenvalue weighted by Gasteiger charge is 2.25. The third-order valence-corrected chi connectivity index (χ3v) is 3.50. The third-order valence-electron chi connectivity index (χ3n) is 3.50. The molecule has 2 atom stereocenters. The lowest BCUT2D eigenvalue weighted by atomic mass is 9.88. The van der Waals surface area contributed by atoms with E-state index < -0.39 is 12.0 Å². The number of hydrogen-bond donors (Lipinski definition) is 2. The Labute approximate surface area is 95.3 Å². The average Bonchev–Trinajstić information content (AvgIpc) is 2.74. The van der Waals surface area contributed by atoms with Gasteiger partial charge in [-0.2, -0.15) is 0 Å². The van der Waals surface area contributed by atoms with Crippen molar-refractivity contribution in [2.75, 3.05) is 0 Å². The molecular weight excluding hydrogens is 202 g/mol. The molecule has 0 saturated carbocycles. The lowest BCUT2D eigenvalue weighted by molar-refractivity contribution is -0.139. The first-order chi connectivity index (χ1) is 7.61. The first-order valence-electron chi connectivity index (χ1n) is 5.70. The van der Waals surface area contributed by atoms with Crippen molar-refractivity contribution >= 4 is 5.97 Å². The van der Waals surface area contributed by atoms with Crippen LogP contribution in [0, 0.1) is 0 Å². The van der Waals surface area contributed by atoms with Gasteiger partial charge in [0.15, 0.2) is 0 Å². The molecule has 2 unspecified atom stereocenters. The Balaban J connectivity index is 2.34. The van der Waals surface area contributed by atoms with Crippen LogP contribution in [0.5, 0.6) is 0 Å². The lowest BCUT2D eigenvalue weighted by Crippen LogP contribution is -2.35. The number of rotatable bonds is 3. The number of hydrogen-bond acceptors (Lipinski definition) is 2. The summed E-state index contributed by atoms with van der Waals surface area (Å²) < 4.78 is 0. The van der Waals surface area contributed by atoms with Crippen molar-refractivity contribution < 1.29 is 9.90 Å². The highest BCUT2D eigenvalue weighted by atomic mass is 16.4. The Morgan fingerprint density at radius 2 is 2.19 bits per heavy atom. The molecule has 0 spiro atoms. The molecule has 1 aromatic carbocycles. The van der Waals surface area contributed by atoms with Crippen molar-refractivity contribution in [2.24, 2.45) is 5.73 Å². The molecule has 0 aliphatic heterocycles. The van der Waals surface area contributed by atoms with E-state index in [1.807, 2.05) is 19.1 Å². The number of fused-ring (bicyclic) bond motifs is 1. The van der Waals surface area contributed by atoms with Crippen LogP contribution < -0.4 is 5.73 Å². The van der Waals surface area contributed by atoms with Gasteiger partial charge in [-0.05, 0) is 36.0 Å². The van der Waals surface area contributed by atoms with E-state index in [4.69, 9.17) is 10.8 Å². The third kappa shape index (κ3) is 1.83. The zero-order valence-corrected chi connectivity index (χ0v) is 9.44. The number of carbonyl (C=O) groups is 1. The molecule has 86 valence electrons. The normalized spacial score (nSPS) is 17.9. The molecule has 3 heteroatoms. The van der Waals surface area contributed by atoms with Crippen LogP contribution in [0.4, 0.5) is 0 Å². The van der Waals surface area contributed by atoms with E-state index in [1.165, 1.54) is 17.5 Å². The van der Waals surface area contributed by atoms with Crippen molar-refractivity contribution in [1.29, 1.82) is 0 Å². The number of benzene rings is 1. The average molecular weight is 219 g/mol.